The number of esters is 1. The number of fused-ring (bicyclic) bond motifs is 1. The van der Waals surface area contributed by atoms with Crippen LogP contribution in [0.1, 0.15) is 15.9 Å². The number of carbonyl (C=O) groups is 2. The zero-order valence-electron chi connectivity index (χ0n) is 12.4. The Bertz CT molecular complexity index is 765. The summed E-state index contributed by atoms with van der Waals surface area (Å²) in [5.41, 5.74) is 1.68. The lowest BCUT2D eigenvalue weighted by molar-refractivity contribution is -0.125. The second-order valence-corrected chi connectivity index (χ2v) is 6.21. The number of thioether (sulfide) groups is 1. The van der Waals surface area contributed by atoms with Gasteiger partial charge in [0.25, 0.3) is 11.7 Å². The molecule has 3 rings (SSSR count). The maximum atomic E-state index is 12.3. The van der Waals surface area contributed by atoms with E-state index < -0.39 is 23.7 Å². The fourth-order valence-electron chi connectivity index (χ4n) is 2.42. The van der Waals surface area contributed by atoms with Crippen LogP contribution in [0.3, 0.4) is 0 Å². The third-order valence-electron chi connectivity index (χ3n) is 3.53. The molecule has 0 unspecified atom stereocenters. The number of alkyl halides is 2. The summed E-state index contributed by atoms with van der Waals surface area (Å²) >= 11 is 0.431. The largest absolute Gasteiger partial charge is 0.448 e. The lowest BCUT2D eigenvalue weighted by atomic mass is 9.98. The van der Waals surface area contributed by atoms with E-state index >= 15 is 0 Å². The topological polar surface area (TPSA) is 55.4 Å². The lowest BCUT2D eigenvalue weighted by Gasteiger charge is -2.23. The average molecular weight is 349 g/mol. The summed E-state index contributed by atoms with van der Waals surface area (Å²) in [4.78, 5) is 24.6. The Kier molecular flexibility index (Phi) is 4.80. The zero-order valence-corrected chi connectivity index (χ0v) is 13.2. The predicted molar refractivity (Wildman–Crippen MR) is 86.3 cm³/mol. The summed E-state index contributed by atoms with van der Waals surface area (Å²) in [6.07, 6.45) is -0.616. The summed E-state index contributed by atoms with van der Waals surface area (Å²) < 4.78 is 29.7. The quantitative estimate of drug-likeness (QED) is 0.675. The first-order valence-corrected chi connectivity index (χ1v) is 8.05. The van der Waals surface area contributed by atoms with Gasteiger partial charge < -0.3 is 10.1 Å². The van der Waals surface area contributed by atoms with Crippen LogP contribution in [0, 0.1) is 0 Å². The van der Waals surface area contributed by atoms with Crippen molar-refractivity contribution in [2.24, 2.45) is 0 Å². The third kappa shape index (κ3) is 3.73. The molecule has 2 aromatic rings. The number of benzene rings is 2. The van der Waals surface area contributed by atoms with Gasteiger partial charge in [-0.25, -0.2) is 4.79 Å². The van der Waals surface area contributed by atoms with Crippen molar-refractivity contribution in [3.8, 4) is 0 Å². The van der Waals surface area contributed by atoms with E-state index in [1.165, 1.54) is 24.3 Å². The maximum Gasteiger partial charge on any atom is 0.339 e. The molecule has 4 nitrogen and oxygen atoms in total. The van der Waals surface area contributed by atoms with Gasteiger partial charge in [-0.15, -0.1) is 0 Å². The number of rotatable bonds is 4. The van der Waals surface area contributed by atoms with Crippen LogP contribution in [0.2, 0.25) is 0 Å². The number of cyclic esters (lactones) is 1. The molecule has 1 aliphatic rings. The van der Waals surface area contributed by atoms with Crippen molar-refractivity contribution in [1.29, 1.82) is 0 Å². The van der Waals surface area contributed by atoms with Crippen molar-refractivity contribution in [3.05, 3.63) is 59.7 Å². The number of hydrogen-bond acceptors (Lipinski definition) is 4. The van der Waals surface area contributed by atoms with Crippen molar-refractivity contribution >= 4 is 29.3 Å². The van der Waals surface area contributed by atoms with Crippen molar-refractivity contribution in [1.82, 2.24) is 0 Å². The highest BCUT2D eigenvalue weighted by molar-refractivity contribution is 7.99. The smallest absolute Gasteiger partial charge is 0.339 e. The van der Waals surface area contributed by atoms with Crippen LogP contribution in [0.5, 0.6) is 0 Å². The normalized spacial score (nSPS) is 16.5. The zero-order chi connectivity index (χ0) is 17.1. The first kappa shape index (κ1) is 16.4. The molecule has 124 valence electrons. The summed E-state index contributed by atoms with van der Waals surface area (Å²) in [5.74, 6) is -3.47. The Morgan fingerprint density at radius 3 is 2.58 bits per heavy atom. The van der Waals surface area contributed by atoms with Gasteiger partial charge in [-0.1, -0.05) is 30.0 Å². The van der Waals surface area contributed by atoms with E-state index in [1.807, 2.05) is 0 Å². The first-order chi connectivity index (χ1) is 11.5. The Morgan fingerprint density at radius 1 is 1.17 bits per heavy atom. The van der Waals surface area contributed by atoms with E-state index in [0.29, 0.717) is 34.3 Å². The van der Waals surface area contributed by atoms with Crippen LogP contribution < -0.4 is 5.32 Å². The fourth-order valence-corrected chi connectivity index (χ4v) is 2.92. The molecule has 0 saturated carbocycles. The van der Waals surface area contributed by atoms with Gasteiger partial charge in [0.15, 0.2) is 6.10 Å². The summed E-state index contributed by atoms with van der Waals surface area (Å²) in [6, 6.07) is 13.0. The number of anilines is 1. The molecule has 1 heterocycles. The van der Waals surface area contributed by atoms with Crippen LogP contribution in [0.4, 0.5) is 14.5 Å². The minimum absolute atomic E-state index is 0.299. The molecule has 1 amide bonds. The molecule has 1 aliphatic heterocycles. The standard InChI is InChI=1S/C17H13F2NO3S/c18-17(19)24-12-7-5-11(6-8-12)20-15(21)14-9-10-3-1-2-4-13(10)16(22)23-14/h1-8,14,17H,9H2,(H,20,21)/t14-/m0/s1. The number of nitrogens with one attached hydrogen (secondary N) is 1. The molecule has 2 aromatic carbocycles. The first-order valence-electron chi connectivity index (χ1n) is 7.17. The van der Waals surface area contributed by atoms with Gasteiger partial charge in [-0.05, 0) is 35.9 Å². The minimum Gasteiger partial charge on any atom is -0.448 e. The van der Waals surface area contributed by atoms with Gasteiger partial charge in [0.2, 0.25) is 0 Å². The van der Waals surface area contributed by atoms with E-state index in [4.69, 9.17) is 4.74 Å². The molecule has 0 aromatic heterocycles. The number of ether oxygens (including phenoxy) is 1. The Labute approximate surface area is 141 Å². The molecular formula is C17H13F2NO3S. The average Bonchev–Trinajstić information content (AvgIpc) is 2.56. The van der Waals surface area contributed by atoms with E-state index in [1.54, 1.807) is 24.3 Å². The van der Waals surface area contributed by atoms with Gasteiger partial charge in [0.05, 0.1) is 5.56 Å². The molecule has 0 aliphatic carbocycles. The van der Waals surface area contributed by atoms with Gasteiger partial charge >= 0.3 is 5.97 Å². The van der Waals surface area contributed by atoms with E-state index in [0.717, 1.165) is 5.56 Å². The molecule has 24 heavy (non-hydrogen) atoms. The second-order valence-electron chi connectivity index (χ2n) is 5.15. The van der Waals surface area contributed by atoms with E-state index in [9.17, 15) is 18.4 Å². The third-order valence-corrected chi connectivity index (χ3v) is 4.25. The number of halogens is 2. The van der Waals surface area contributed by atoms with Crippen LogP contribution in [0.25, 0.3) is 0 Å². The van der Waals surface area contributed by atoms with Crippen molar-refractivity contribution in [2.75, 3.05) is 5.32 Å². The molecule has 0 bridgehead atoms. The molecule has 0 spiro atoms. The molecule has 7 heteroatoms. The predicted octanol–water partition coefficient (Wildman–Crippen LogP) is 3.72. The summed E-state index contributed by atoms with van der Waals surface area (Å²) in [7, 11) is 0. The highest BCUT2D eigenvalue weighted by Gasteiger charge is 2.31. The van der Waals surface area contributed by atoms with E-state index in [-0.39, 0.29) is 0 Å². The van der Waals surface area contributed by atoms with Crippen molar-refractivity contribution < 1.29 is 23.1 Å². The number of amides is 1. The lowest BCUT2D eigenvalue weighted by Crippen LogP contribution is -2.37. The van der Waals surface area contributed by atoms with Crippen LogP contribution >= 0.6 is 11.8 Å². The molecule has 0 fully saturated rings. The van der Waals surface area contributed by atoms with Gasteiger partial charge in [-0.2, -0.15) is 8.78 Å². The SMILES string of the molecule is O=C1O[C@H](C(=O)Nc2ccc(SC(F)F)cc2)Cc2ccccc21. The molecule has 1 N–H and O–H groups in total. The van der Waals surface area contributed by atoms with Crippen molar-refractivity contribution in [3.63, 3.8) is 0 Å². The Balaban J connectivity index is 1.66. The highest BCUT2D eigenvalue weighted by Crippen LogP contribution is 2.26. The second kappa shape index (κ2) is 7.00. The molecule has 1 atom stereocenters. The van der Waals surface area contributed by atoms with Crippen LogP contribution in [0.15, 0.2) is 53.4 Å². The van der Waals surface area contributed by atoms with Gasteiger partial charge in [0, 0.05) is 17.0 Å². The monoisotopic (exact) mass is 349 g/mol. The summed E-state index contributed by atoms with van der Waals surface area (Å²) in [5, 5.41) is 2.63. The molecule has 0 saturated heterocycles. The molecule has 0 radical (unpaired) electrons. The number of carbonyl (C=O) groups excluding carboxylic acids is 2. The number of hydrogen-bond donors (Lipinski definition) is 1. The van der Waals surface area contributed by atoms with Crippen LogP contribution in [-0.2, 0) is 16.0 Å². The fraction of sp³-hybridized carbons (Fsp3) is 0.176. The van der Waals surface area contributed by atoms with Gasteiger partial charge in [0.1, 0.15) is 0 Å². The Hall–Kier alpha value is -2.41. The van der Waals surface area contributed by atoms with E-state index in [2.05, 4.69) is 5.32 Å². The Morgan fingerprint density at radius 2 is 1.88 bits per heavy atom. The molecular weight excluding hydrogens is 336 g/mol. The highest BCUT2D eigenvalue weighted by atomic mass is 32.2. The minimum atomic E-state index is -2.49. The summed E-state index contributed by atoms with van der Waals surface area (Å²) in [6.45, 7) is 0. The van der Waals surface area contributed by atoms with Crippen LogP contribution in [-0.4, -0.2) is 23.7 Å². The van der Waals surface area contributed by atoms with Gasteiger partial charge in [-0.3, -0.25) is 4.79 Å². The maximum absolute atomic E-state index is 12.3. The van der Waals surface area contributed by atoms with Crippen molar-refractivity contribution in [2.45, 2.75) is 23.2 Å².